The number of hydrogen-bond acceptors (Lipinski definition) is 2. The first-order valence-corrected chi connectivity index (χ1v) is 5.39. The van der Waals surface area contributed by atoms with Gasteiger partial charge in [0.1, 0.15) is 5.82 Å². The van der Waals surface area contributed by atoms with E-state index in [-0.39, 0.29) is 11.7 Å². The molecule has 0 aromatic heterocycles. The molecular weight excluding hydrogens is 207 g/mol. The van der Waals surface area contributed by atoms with Crippen molar-refractivity contribution in [1.82, 2.24) is 5.32 Å². The molecule has 0 bridgehead atoms. The maximum Gasteiger partial charge on any atom is 0.227 e. The van der Waals surface area contributed by atoms with Crippen molar-refractivity contribution in [3.63, 3.8) is 0 Å². The summed E-state index contributed by atoms with van der Waals surface area (Å²) in [5, 5.41) is 3.12. The van der Waals surface area contributed by atoms with E-state index in [1.807, 2.05) is 0 Å². The van der Waals surface area contributed by atoms with E-state index in [1.165, 1.54) is 17.0 Å². The summed E-state index contributed by atoms with van der Waals surface area (Å²) in [6, 6.07) is 6.09. The molecule has 0 aliphatic carbocycles. The van der Waals surface area contributed by atoms with Gasteiger partial charge >= 0.3 is 0 Å². The van der Waals surface area contributed by atoms with E-state index in [2.05, 4.69) is 5.32 Å². The molecule has 1 aliphatic rings. The van der Waals surface area contributed by atoms with Crippen LogP contribution in [-0.2, 0) is 4.79 Å². The van der Waals surface area contributed by atoms with Crippen LogP contribution in [0.2, 0.25) is 0 Å². The van der Waals surface area contributed by atoms with Crippen LogP contribution in [0.25, 0.3) is 0 Å². The summed E-state index contributed by atoms with van der Waals surface area (Å²) < 4.78 is 13.0. The average molecular weight is 222 g/mol. The number of hydrogen-bond donors (Lipinski definition) is 1. The Morgan fingerprint density at radius 2 is 2.31 bits per heavy atom. The topological polar surface area (TPSA) is 32.3 Å². The SMILES string of the molecule is CN(C(=O)CC1CNC1)c1cccc(F)c1. The van der Waals surface area contributed by atoms with Crippen molar-refractivity contribution in [3.05, 3.63) is 30.1 Å². The van der Waals surface area contributed by atoms with Crippen LogP contribution in [-0.4, -0.2) is 26.0 Å². The Hall–Kier alpha value is -1.42. The van der Waals surface area contributed by atoms with Crippen molar-refractivity contribution in [1.29, 1.82) is 0 Å². The molecule has 2 rings (SSSR count). The van der Waals surface area contributed by atoms with Crippen molar-refractivity contribution in [3.8, 4) is 0 Å². The van der Waals surface area contributed by atoms with Gasteiger partial charge in [-0.1, -0.05) is 6.07 Å². The normalized spacial score (nSPS) is 15.6. The third kappa shape index (κ3) is 2.39. The Kier molecular flexibility index (Phi) is 3.19. The van der Waals surface area contributed by atoms with Crippen LogP contribution in [0.1, 0.15) is 6.42 Å². The van der Waals surface area contributed by atoms with Crippen LogP contribution in [0.3, 0.4) is 0 Å². The van der Waals surface area contributed by atoms with Crippen molar-refractivity contribution >= 4 is 11.6 Å². The fraction of sp³-hybridized carbons (Fsp3) is 0.417. The second-order valence-corrected chi connectivity index (χ2v) is 4.16. The van der Waals surface area contributed by atoms with E-state index in [9.17, 15) is 9.18 Å². The number of nitrogens with one attached hydrogen (secondary N) is 1. The maximum atomic E-state index is 13.0. The van der Waals surface area contributed by atoms with Gasteiger partial charge in [-0.05, 0) is 37.2 Å². The fourth-order valence-electron chi connectivity index (χ4n) is 1.71. The number of nitrogens with zero attached hydrogens (tertiary/aromatic N) is 1. The lowest BCUT2D eigenvalue weighted by Crippen LogP contribution is -2.44. The maximum absolute atomic E-state index is 13.0. The highest BCUT2D eigenvalue weighted by Crippen LogP contribution is 2.17. The molecule has 0 unspecified atom stereocenters. The number of rotatable bonds is 3. The van der Waals surface area contributed by atoms with Gasteiger partial charge in [0.2, 0.25) is 5.91 Å². The van der Waals surface area contributed by atoms with Crippen LogP contribution in [0.4, 0.5) is 10.1 Å². The Bertz CT molecular complexity index is 390. The summed E-state index contributed by atoms with van der Waals surface area (Å²) in [7, 11) is 1.68. The minimum Gasteiger partial charge on any atom is -0.316 e. The summed E-state index contributed by atoms with van der Waals surface area (Å²) in [5.74, 6) is 0.156. The minimum absolute atomic E-state index is 0.0390. The van der Waals surface area contributed by atoms with Gasteiger partial charge in [0.05, 0.1) is 0 Å². The largest absolute Gasteiger partial charge is 0.316 e. The standard InChI is InChI=1S/C12H15FN2O/c1-15(11-4-2-3-10(13)6-11)12(16)5-9-7-14-8-9/h2-4,6,9,14H,5,7-8H2,1H3. The molecule has 4 heteroatoms. The predicted molar refractivity (Wildman–Crippen MR) is 60.8 cm³/mol. The number of carbonyl (C=O) groups is 1. The monoisotopic (exact) mass is 222 g/mol. The summed E-state index contributed by atoms with van der Waals surface area (Å²) in [5.41, 5.74) is 0.609. The average Bonchev–Trinajstić information content (AvgIpc) is 2.22. The molecule has 1 N–H and O–H groups in total. The van der Waals surface area contributed by atoms with Crippen molar-refractivity contribution < 1.29 is 9.18 Å². The second kappa shape index (κ2) is 4.61. The first-order chi connectivity index (χ1) is 7.66. The lowest BCUT2D eigenvalue weighted by atomic mass is 9.99. The van der Waals surface area contributed by atoms with Gasteiger partial charge in [-0.15, -0.1) is 0 Å². The van der Waals surface area contributed by atoms with Gasteiger partial charge < -0.3 is 10.2 Å². The van der Waals surface area contributed by atoms with E-state index in [0.29, 0.717) is 18.0 Å². The van der Waals surface area contributed by atoms with Crippen LogP contribution >= 0.6 is 0 Å². The summed E-state index contributed by atoms with van der Waals surface area (Å²) >= 11 is 0. The third-order valence-electron chi connectivity index (χ3n) is 2.90. The van der Waals surface area contributed by atoms with Gasteiger partial charge in [-0.25, -0.2) is 4.39 Å². The number of benzene rings is 1. The quantitative estimate of drug-likeness (QED) is 0.838. The van der Waals surface area contributed by atoms with E-state index in [4.69, 9.17) is 0 Å². The highest BCUT2D eigenvalue weighted by atomic mass is 19.1. The number of amides is 1. The zero-order valence-electron chi connectivity index (χ0n) is 9.24. The summed E-state index contributed by atoms with van der Waals surface area (Å²) in [4.78, 5) is 13.3. The smallest absolute Gasteiger partial charge is 0.227 e. The Labute approximate surface area is 94.3 Å². The highest BCUT2D eigenvalue weighted by Gasteiger charge is 2.22. The molecule has 1 aromatic rings. The summed E-state index contributed by atoms with van der Waals surface area (Å²) in [6.07, 6.45) is 0.528. The molecule has 1 aromatic carbocycles. The molecule has 1 fully saturated rings. The Morgan fingerprint density at radius 3 is 2.88 bits per heavy atom. The molecule has 1 aliphatic heterocycles. The molecule has 0 atom stereocenters. The highest BCUT2D eigenvalue weighted by molar-refractivity contribution is 5.92. The van der Waals surface area contributed by atoms with E-state index >= 15 is 0 Å². The third-order valence-corrected chi connectivity index (χ3v) is 2.90. The molecular formula is C12H15FN2O. The van der Waals surface area contributed by atoms with E-state index < -0.39 is 0 Å². The zero-order chi connectivity index (χ0) is 11.5. The van der Waals surface area contributed by atoms with Crippen LogP contribution in [0.15, 0.2) is 24.3 Å². The first-order valence-electron chi connectivity index (χ1n) is 5.39. The van der Waals surface area contributed by atoms with Crippen molar-refractivity contribution in [2.45, 2.75) is 6.42 Å². The molecule has 0 saturated carbocycles. The molecule has 0 spiro atoms. The number of carbonyl (C=O) groups excluding carboxylic acids is 1. The van der Waals surface area contributed by atoms with Crippen LogP contribution in [0.5, 0.6) is 0 Å². The zero-order valence-corrected chi connectivity index (χ0v) is 9.24. The molecule has 0 radical (unpaired) electrons. The molecule has 3 nitrogen and oxygen atoms in total. The Balaban J connectivity index is 2.00. The number of anilines is 1. The Morgan fingerprint density at radius 1 is 1.56 bits per heavy atom. The predicted octanol–water partition coefficient (Wildman–Crippen LogP) is 1.40. The number of halogens is 1. The summed E-state index contributed by atoms with van der Waals surface area (Å²) in [6.45, 7) is 1.81. The van der Waals surface area contributed by atoms with Gasteiger partial charge in [0.25, 0.3) is 0 Å². The van der Waals surface area contributed by atoms with Crippen LogP contribution in [0, 0.1) is 11.7 Å². The fourth-order valence-corrected chi connectivity index (χ4v) is 1.71. The second-order valence-electron chi connectivity index (χ2n) is 4.16. The lowest BCUT2D eigenvalue weighted by molar-refractivity contribution is -0.119. The van der Waals surface area contributed by atoms with Gasteiger partial charge in [-0.2, -0.15) is 0 Å². The van der Waals surface area contributed by atoms with E-state index in [0.717, 1.165) is 13.1 Å². The molecule has 16 heavy (non-hydrogen) atoms. The first kappa shape index (κ1) is 11.1. The van der Waals surface area contributed by atoms with Crippen molar-refractivity contribution in [2.24, 2.45) is 5.92 Å². The van der Waals surface area contributed by atoms with Crippen molar-refractivity contribution in [2.75, 3.05) is 25.0 Å². The van der Waals surface area contributed by atoms with Gasteiger partial charge in [0, 0.05) is 19.2 Å². The molecule has 86 valence electrons. The molecule has 1 amide bonds. The van der Waals surface area contributed by atoms with E-state index in [1.54, 1.807) is 19.2 Å². The van der Waals surface area contributed by atoms with Crippen LogP contribution < -0.4 is 10.2 Å². The lowest BCUT2D eigenvalue weighted by Gasteiger charge is -2.28. The van der Waals surface area contributed by atoms with Gasteiger partial charge in [-0.3, -0.25) is 4.79 Å². The van der Waals surface area contributed by atoms with Gasteiger partial charge in [0.15, 0.2) is 0 Å². The molecule has 1 heterocycles. The minimum atomic E-state index is -0.317. The molecule has 1 saturated heterocycles.